The topological polar surface area (TPSA) is 32.9 Å². The van der Waals surface area contributed by atoms with E-state index in [1.165, 1.54) is 0 Å². The standard InChI is InChI=1S/C11H16FNO/c12-8-4-2-1-3-5-10-6-7-11(9-14)13-10/h6-7,9,13H,1-5,8H2. The molecule has 0 aliphatic heterocycles. The van der Waals surface area contributed by atoms with Gasteiger partial charge in [0.1, 0.15) is 0 Å². The zero-order valence-electron chi connectivity index (χ0n) is 8.26. The number of aryl methyl sites for hydroxylation is 1. The summed E-state index contributed by atoms with van der Waals surface area (Å²) in [5.74, 6) is 0. The molecule has 0 bridgehead atoms. The van der Waals surface area contributed by atoms with Gasteiger partial charge in [0.05, 0.1) is 12.4 Å². The van der Waals surface area contributed by atoms with Crippen LogP contribution < -0.4 is 0 Å². The van der Waals surface area contributed by atoms with Crippen LogP contribution >= 0.6 is 0 Å². The van der Waals surface area contributed by atoms with Crippen molar-refractivity contribution in [3.63, 3.8) is 0 Å². The van der Waals surface area contributed by atoms with E-state index in [4.69, 9.17) is 0 Å². The summed E-state index contributed by atoms with van der Waals surface area (Å²) in [6.07, 6.45) is 5.49. The number of carbonyl (C=O) groups excluding carboxylic acids is 1. The van der Waals surface area contributed by atoms with Crippen molar-refractivity contribution in [1.82, 2.24) is 4.98 Å². The molecular formula is C11H16FNO. The van der Waals surface area contributed by atoms with E-state index in [0.717, 1.165) is 37.7 Å². The normalized spacial score (nSPS) is 10.4. The minimum Gasteiger partial charge on any atom is -0.356 e. The van der Waals surface area contributed by atoms with Crippen molar-refractivity contribution in [2.75, 3.05) is 6.67 Å². The van der Waals surface area contributed by atoms with Crippen LogP contribution in [-0.2, 0) is 6.42 Å². The minimum atomic E-state index is -0.211. The third-order valence-electron chi connectivity index (χ3n) is 2.23. The molecular weight excluding hydrogens is 181 g/mol. The van der Waals surface area contributed by atoms with Crippen molar-refractivity contribution in [1.29, 1.82) is 0 Å². The lowest BCUT2D eigenvalue weighted by Crippen LogP contribution is -1.88. The fourth-order valence-electron chi connectivity index (χ4n) is 1.44. The molecule has 0 fully saturated rings. The van der Waals surface area contributed by atoms with Crippen molar-refractivity contribution >= 4 is 6.29 Å². The number of nitrogens with one attached hydrogen (secondary N) is 1. The summed E-state index contributed by atoms with van der Waals surface area (Å²) >= 11 is 0. The highest BCUT2D eigenvalue weighted by atomic mass is 19.1. The smallest absolute Gasteiger partial charge is 0.166 e. The quantitative estimate of drug-likeness (QED) is 0.529. The van der Waals surface area contributed by atoms with Gasteiger partial charge >= 0.3 is 0 Å². The van der Waals surface area contributed by atoms with Crippen molar-refractivity contribution in [2.24, 2.45) is 0 Å². The minimum absolute atomic E-state index is 0.211. The second-order valence-corrected chi connectivity index (χ2v) is 3.41. The first kappa shape index (κ1) is 11.0. The van der Waals surface area contributed by atoms with E-state index in [2.05, 4.69) is 4.98 Å². The van der Waals surface area contributed by atoms with Crippen LogP contribution in [0.4, 0.5) is 4.39 Å². The number of aromatic nitrogens is 1. The Balaban J connectivity index is 2.14. The lowest BCUT2D eigenvalue weighted by molar-refractivity contribution is 0.111. The molecule has 0 spiro atoms. The van der Waals surface area contributed by atoms with Gasteiger partial charge in [-0.3, -0.25) is 9.18 Å². The number of alkyl halides is 1. The van der Waals surface area contributed by atoms with Gasteiger partial charge in [-0.25, -0.2) is 0 Å². The summed E-state index contributed by atoms with van der Waals surface area (Å²) in [6.45, 7) is -0.211. The molecule has 1 aromatic rings. The molecule has 0 aromatic carbocycles. The Morgan fingerprint density at radius 3 is 2.64 bits per heavy atom. The fourth-order valence-corrected chi connectivity index (χ4v) is 1.44. The SMILES string of the molecule is O=Cc1ccc(CCCCCCF)[nH]1. The Hall–Kier alpha value is -1.12. The Kier molecular flexibility index (Phi) is 4.97. The summed E-state index contributed by atoms with van der Waals surface area (Å²) in [5, 5.41) is 0. The number of aldehydes is 1. The van der Waals surface area contributed by atoms with Crippen LogP contribution in [0.25, 0.3) is 0 Å². The van der Waals surface area contributed by atoms with Gasteiger partial charge in [0.2, 0.25) is 0 Å². The zero-order valence-corrected chi connectivity index (χ0v) is 8.26. The Morgan fingerprint density at radius 2 is 2.00 bits per heavy atom. The van der Waals surface area contributed by atoms with Crippen molar-refractivity contribution in [2.45, 2.75) is 32.1 Å². The van der Waals surface area contributed by atoms with E-state index < -0.39 is 0 Å². The van der Waals surface area contributed by atoms with Crippen molar-refractivity contribution in [3.05, 3.63) is 23.5 Å². The first-order chi connectivity index (χ1) is 6.86. The van der Waals surface area contributed by atoms with Crippen LogP contribution in [0.1, 0.15) is 41.9 Å². The van der Waals surface area contributed by atoms with Crippen LogP contribution in [0.15, 0.2) is 12.1 Å². The second kappa shape index (κ2) is 6.35. The number of H-pyrrole nitrogens is 1. The number of carbonyl (C=O) groups is 1. The van der Waals surface area contributed by atoms with E-state index in [1.807, 2.05) is 6.07 Å². The van der Waals surface area contributed by atoms with E-state index in [0.29, 0.717) is 12.1 Å². The molecule has 3 heteroatoms. The van der Waals surface area contributed by atoms with Crippen LogP contribution in [0.2, 0.25) is 0 Å². The van der Waals surface area contributed by atoms with Gasteiger partial charge in [-0.1, -0.05) is 12.8 Å². The Bertz CT molecular complexity index is 270. The predicted octanol–water partition coefficient (Wildman–Crippen LogP) is 2.90. The maximum absolute atomic E-state index is 11.7. The molecule has 0 saturated carbocycles. The number of rotatable bonds is 7. The van der Waals surface area contributed by atoms with Gasteiger partial charge in [-0.2, -0.15) is 0 Å². The van der Waals surface area contributed by atoms with Gasteiger partial charge in [-0.05, 0) is 31.4 Å². The molecule has 0 amide bonds. The summed E-state index contributed by atoms with van der Waals surface area (Å²) in [5.41, 5.74) is 1.72. The highest BCUT2D eigenvalue weighted by Crippen LogP contribution is 2.07. The number of aromatic amines is 1. The largest absolute Gasteiger partial charge is 0.356 e. The molecule has 1 rings (SSSR count). The maximum atomic E-state index is 11.7. The molecule has 0 radical (unpaired) electrons. The molecule has 1 heterocycles. The number of unbranched alkanes of at least 4 members (excludes halogenated alkanes) is 3. The first-order valence-corrected chi connectivity index (χ1v) is 5.06. The summed E-state index contributed by atoms with van der Waals surface area (Å²) in [7, 11) is 0. The molecule has 0 saturated heterocycles. The number of hydrogen-bond acceptors (Lipinski definition) is 1. The maximum Gasteiger partial charge on any atom is 0.166 e. The molecule has 1 aromatic heterocycles. The molecule has 14 heavy (non-hydrogen) atoms. The molecule has 78 valence electrons. The van der Waals surface area contributed by atoms with Crippen LogP contribution in [0.5, 0.6) is 0 Å². The molecule has 1 N–H and O–H groups in total. The molecule has 0 aliphatic rings. The van der Waals surface area contributed by atoms with E-state index in [-0.39, 0.29) is 6.67 Å². The van der Waals surface area contributed by atoms with E-state index in [9.17, 15) is 9.18 Å². The third-order valence-corrected chi connectivity index (χ3v) is 2.23. The molecule has 2 nitrogen and oxygen atoms in total. The summed E-state index contributed by atoms with van der Waals surface area (Å²) in [4.78, 5) is 13.4. The monoisotopic (exact) mass is 197 g/mol. The van der Waals surface area contributed by atoms with Gasteiger partial charge in [-0.15, -0.1) is 0 Å². The van der Waals surface area contributed by atoms with Gasteiger partial charge in [0, 0.05) is 5.69 Å². The van der Waals surface area contributed by atoms with E-state index in [1.54, 1.807) is 6.07 Å². The summed E-state index contributed by atoms with van der Waals surface area (Å²) < 4.78 is 11.7. The average Bonchev–Trinajstić information content (AvgIpc) is 2.65. The lowest BCUT2D eigenvalue weighted by Gasteiger charge is -1.97. The van der Waals surface area contributed by atoms with Crippen molar-refractivity contribution in [3.8, 4) is 0 Å². The van der Waals surface area contributed by atoms with Crippen LogP contribution in [-0.4, -0.2) is 17.9 Å². The predicted molar refractivity (Wildman–Crippen MR) is 54.3 cm³/mol. The van der Waals surface area contributed by atoms with Crippen LogP contribution in [0, 0.1) is 0 Å². The average molecular weight is 197 g/mol. The van der Waals surface area contributed by atoms with Gasteiger partial charge in [0.25, 0.3) is 0 Å². The second-order valence-electron chi connectivity index (χ2n) is 3.41. The van der Waals surface area contributed by atoms with Crippen LogP contribution in [0.3, 0.4) is 0 Å². The molecule has 0 aliphatic carbocycles. The highest BCUT2D eigenvalue weighted by Gasteiger charge is 1.97. The fraction of sp³-hybridized carbons (Fsp3) is 0.545. The Labute approximate surface area is 83.5 Å². The third kappa shape index (κ3) is 3.73. The number of hydrogen-bond donors (Lipinski definition) is 1. The number of halogens is 1. The summed E-state index contributed by atoms with van der Waals surface area (Å²) in [6, 6.07) is 3.71. The molecule has 0 unspecified atom stereocenters. The zero-order chi connectivity index (χ0) is 10.2. The molecule has 0 atom stereocenters. The van der Waals surface area contributed by atoms with Gasteiger partial charge in [0.15, 0.2) is 6.29 Å². The Morgan fingerprint density at radius 1 is 1.21 bits per heavy atom. The van der Waals surface area contributed by atoms with Gasteiger partial charge < -0.3 is 4.98 Å². The lowest BCUT2D eigenvalue weighted by atomic mass is 10.1. The first-order valence-electron chi connectivity index (χ1n) is 5.06. The van der Waals surface area contributed by atoms with E-state index >= 15 is 0 Å². The highest BCUT2D eigenvalue weighted by molar-refractivity contribution is 5.71. The van der Waals surface area contributed by atoms with Crippen molar-refractivity contribution < 1.29 is 9.18 Å².